The average Bonchev–Trinajstić information content (AvgIpc) is 2.48. The van der Waals surface area contributed by atoms with Gasteiger partial charge in [-0.2, -0.15) is 0 Å². The van der Waals surface area contributed by atoms with Gasteiger partial charge in [-0.3, -0.25) is 0 Å². The summed E-state index contributed by atoms with van der Waals surface area (Å²) in [5.74, 6) is -0.336. The minimum absolute atomic E-state index is 0.233. The summed E-state index contributed by atoms with van der Waals surface area (Å²) in [6.07, 6.45) is 0. The number of anilines is 1. The van der Waals surface area contributed by atoms with Gasteiger partial charge in [0.25, 0.3) is 0 Å². The Balaban J connectivity index is 2.10. The molecule has 0 radical (unpaired) electrons. The van der Waals surface area contributed by atoms with Gasteiger partial charge < -0.3 is 15.2 Å². The van der Waals surface area contributed by atoms with Crippen LogP contribution in [0.25, 0.3) is 0 Å². The van der Waals surface area contributed by atoms with Gasteiger partial charge in [0.1, 0.15) is 18.2 Å². The Morgan fingerprint density at radius 1 is 1.19 bits per heavy atom. The maximum atomic E-state index is 12.8. The van der Waals surface area contributed by atoms with Crippen molar-refractivity contribution in [3.63, 3.8) is 0 Å². The van der Waals surface area contributed by atoms with E-state index in [0.29, 0.717) is 23.6 Å². The molecule has 2 N–H and O–H groups in total. The molecule has 0 aliphatic carbocycles. The summed E-state index contributed by atoms with van der Waals surface area (Å²) in [6.45, 7) is 2.27. The Labute approximate surface area is 122 Å². The van der Waals surface area contributed by atoms with Gasteiger partial charge in [0, 0.05) is 0 Å². The van der Waals surface area contributed by atoms with Gasteiger partial charge in [-0.1, -0.05) is 12.1 Å². The standard InChI is InChI=1S/C16H16FNO3/c1-2-20-16(19)12-5-8-14(18)15(9-12)21-10-11-3-6-13(17)7-4-11/h3-9H,2,10,18H2,1H3. The van der Waals surface area contributed by atoms with Crippen molar-refractivity contribution in [2.45, 2.75) is 13.5 Å². The number of hydrogen-bond donors (Lipinski definition) is 1. The third kappa shape index (κ3) is 3.95. The van der Waals surface area contributed by atoms with Crippen LogP contribution in [0.5, 0.6) is 5.75 Å². The lowest BCUT2D eigenvalue weighted by atomic mass is 10.2. The van der Waals surface area contributed by atoms with E-state index in [0.717, 1.165) is 5.56 Å². The van der Waals surface area contributed by atoms with Gasteiger partial charge in [0.05, 0.1) is 17.9 Å². The summed E-state index contributed by atoms with van der Waals surface area (Å²) >= 11 is 0. The third-order valence-electron chi connectivity index (χ3n) is 2.83. The number of esters is 1. The predicted octanol–water partition coefficient (Wildman–Crippen LogP) is 3.16. The van der Waals surface area contributed by atoms with Crippen LogP contribution in [0.3, 0.4) is 0 Å². The van der Waals surface area contributed by atoms with E-state index in [9.17, 15) is 9.18 Å². The van der Waals surface area contributed by atoms with Crippen molar-refractivity contribution < 1.29 is 18.7 Å². The zero-order valence-corrected chi connectivity index (χ0v) is 11.6. The first-order chi connectivity index (χ1) is 10.1. The molecular weight excluding hydrogens is 273 g/mol. The molecule has 0 heterocycles. The largest absolute Gasteiger partial charge is 0.487 e. The van der Waals surface area contributed by atoms with Crippen LogP contribution in [0.4, 0.5) is 10.1 Å². The van der Waals surface area contributed by atoms with Crippen molar-refractivity contribution in [3.8, 4) is 5.75 Å². The highest BCUT2D eigenvalue weighted by Gasteiger charge is 2.10. The lowest BCUT2D eigenvalue weighted by Crippen LogP contribution is -2.06. The van der Waals surface area contributed by atoms with Gasteiger partial charge in [0.2, 0.25) is 0 Å². The third-order valence-corrected chi connectivity index (χ3v) is 2.83. The summed E-state index contributed by atoms with van der Waals surface area (Å²) in [5, 5.41) is 0. The topological polar surface area (TPSA) is 61.5 Å². The van der Waals surface area contributed by atoms with E-state index in [-0.39, 0.29) is 12.4 Å². The molecule has 2 rings (SSSR count). The quantitative estimate of drug-likeness (QED) is 0.678. The highest BCUT2D eigenvalue weighted by molar-refractivity contribution is 5.90. The molecule has 0 atom stereocenters. The molecule has 2 aromatic rings. The maximum Gasteiger partial charge on any atom is 0.338 e. The molecule has 0 fully saturated rings. The number of carbonyl (C=O) groups excluding carboxylic acids is 1. The Kier molecular flexibility index (Phi) is 4.77. The lowest BCUT2D eigenvalue weighted by Gasteiger charge is -2.10. The minimum atomic E-state index is -0.427. The molecule has 5 heteroatoms. The van der Waals surface area contributed by atoms with Crippen molar-refractivity contribution in [2.75, 3.05) is 12.3 Å². The second kappa shape index (κ2) is 6.74. The molecule has 0 saturated carbocycles. The van der Waals surface area contributed by atoms with Crippen molar-refractivity contribution in [3.05, 3.63) is 59.4 Å². The Morgan fingerprint density at radius 3 is 2.57 bits per heavy atom. The molecular formula is C16H16FNO3. The zero-order valence-electron chi connectivity index (χ0n) is 11.6. The van der Waals surface area contributed by atoms with Gasteiger partial charge >= 0.3 is 5.97 Å². The number of rotatable bonds is 5. The van der Waals surface area contributed by atoms with Crippen LogP contribution in [0.2, 0.25) is 0 Å². The highest BCUT2D eigenvalue weighted by atomic mass is 19.1. The first-order valence-electron chi connectivity index (χ1n) is 6.54. The normalized spacial score (nSPS) is 10.2. The number of nitrogens with two attached hydrogens (primary N) is 1. The predicted molar refractivity (Wildman–Crippen MR) is 77.5 cm³/mol. The summed E-state index contributed by atoms with van der Waals surface area (Å²) < 4.78 is 23.3. The fourth-order valence-electron chi connectivity index (χ4n) is 1.74. The summed E-state index contributed by atoms with van der Waals surface area (Å²) in [5.41, 5.74) is 7.41. The fourth-order valence-corrected chi connectivity index (χ4v) is 1.74. The summed E-state index contributed by atoms with van der Waals surface area (Å²) in [6, 6.07) is 10.7. The first kappa shape index (κ1) is 14.8. The van der Waals surface area contributed by atoms with Crippen molar-refractivity contribution in [2.24, 2.45) is 0 Å². The average molecular weight is 289 g/mol. The van der Waals surface area contributed by atoms with Crippen LogP contribution in [0, 0.1) is 5.82 Å². The van der Waals surface area contributed by atoms with Crippen LogP contribution in [-0.4, -0.2) is 12.6 Å². The molecule has 0 saturated heterocycles. The molecule has 2 aromatic carbocycles. The number of carbonyl (C=O) groups is 1. The van der Waals surface area contributed by atoms with Crippen molar-refractivity contribution in [1.29, 1.82) is 0 Å². The second-order valence-corrected chi connectivity index (χ2v) is 4.39. The molecule has 110 valence electrons. The van der Waals surface area contributed by atoms with Crippen molar-refractivity contribution >= 4 is 11.7 Å². The molecule has 0 unspecified atom stereocenters. The van der Waals surface area contributed by atoms with Crippen molar-refractivity contribution in [1.82, 2.24) is 0 Å². The van der Waals surface area contributed by atoms with E-state index in [1.807, 2.05) is 0 Å². The molecule has 0 spiro atoms. The monoisotopic (exact) mass is 289 g/mol. The second-order valence-electron chi connectivity index (χ2n) is 4.39. The van der Waals surface area contributed by atoms with E-state index in [1.165, 1.54) is 18.2 Å². The molecule has 4 nitrogen and oxygen atoms in total. The van der Waals surface area contributed by atoms with Gasteiger partial charge in [-0.25, -0.2) is 9.18 Å². The maximum absolute atomic E-state index is 12.8. The molecule has 0 aromatic heterocycles. The van der Waals surface area contributed by atoms with Gasteiger partial charge in [-0.15, -0.1) is 0 Å². The molecule has 0 aliphatic heterocycles. The number of halogens is 1. The van der Waals surface area contributed by atoms with Crippen LogP contribution in [0.15, 0.2) is 42.5 Å². The first-order valence-corrected chi connectivity index (χ1v) is 6.54. The number of hydrogen-bond acceptors (Lipinski definition) is 4. The number of ether oxygens (including phenoxy) is 2. The highest BCUT2D eigenvalue weighted by Crippen LogP contribution is 2.24. The molecule has 21 heavy (non-hydrogen) atoms. The Morgan fingerprint density at radius 2 is 1.90 bits per heavy atom. The van der Waals surface area contributed by atoms with E-state index < -0.39 is 5.97 Å². The zero-order chi connectivity index (χ0) is 15.2. The molecule has 0 bridgehead atoms. The summed E-state index contributed by atoms with van der Waals surface area (Å²) in [7, 11) is 0. The Hall–Kier alpha value is -2.56. The van der Waals surface area contributed by atoms with E-state index in [2.05, 4.69) is 0 Å². The fraction of sp³-hybridized carbons (Fsp3) is 0.188. The van der Waals surface area contributed by atoms with Crippen LogP contribution in [0.1, 0.15) is 22.8 Å². The van der Waals surface area contributed by atoms with Gasteiger partial charge in [0.15, 0.2) is 0 Å². The molecule has 0 aliphatic rings. The molecule has 0 amide bonds. The van der Waals surface area contributed by atoms with Crippen LogP contribution < -0.4 is 10.5 Å². The minimum Gasteiger partial charge on any atom is -0.487 e. The van der Waals surface area contributed by atoms with E-state index >= 15 is 0 Å². The van der Waals surface area contributed by atoms with Crippen LogP contribution >= 0.6 is 0 Å². The van der Waals surface area contributed by atoms with Gasteiger partial charge in [-0.05, 0) is 42.8 Å². The SMILES string of the molecule is CCOC(=O)c1ccc(N)c(OCc2ccc(F)cc2)c1. The van der Waals surface area contributed by atoms with E-state index in [1.54, 1.807) is 31.2 Å². The smallest absolute Gasteiger partial charge is 0.338 e. The number of nitrogen functional groups attached to an aromatic ring is 1. The van der Waals surface area contributed by atoms with E-state index in [4.69, 9.17) is 15.2 Å². The summed E-state index contributed by atoms with van der Waals surface area (Å²) in [4.78, 5) is 11.7. The van der Waals surface area contributed by atoms with Crippen LogP contribution in [-0.2, 0) is 11.3 Å². The Bertz CT molecular complexity index is 626. The lowest BCUT2D eigenvalue weighted by molar-refractivity contribution is 0.0526. The number of benzene rings is 2.